The molecule has 2 nitrogen and oxygen atoms in total. The Labute approximate surface area is 95.9 Å². The first-order chi connectivity index (χ1) is 6.72. The fraction of sp³-hybridized carbons (Fsp3) is 0.333. The van der Waals surface area contributed by atoms with E-state index in [2.05, 4.69) is 9.97 Å². The van der Waals surface area contributed by atoms with Gasteiger partial charge in [-0.3, -0.25) is 0 Å². The Morgan fingerprint density at radius 3 is 3.00 bits per heavy atom. The second-order valence-electron chi connectivity index (χ2n) is 2.89. The fourth-order valence-corrected chi connectivity index (χ4v) is 2.32. The molecule has 0 saturated carbocycles. The molecule has 1 unspecified atom stereocenters. The summed E-state index contributed by atoms with van der Waals surface area (Å²) in [5.41, 5.74) is 0. The molecular weight excluding hydrogens is 239 g/mol. The van der Waals surface area contributed by atoms with Gasteiger partial charge in [0.2, 0.25) is 0 Å². The van der Waals surface area contributed by atoms with Gasteiger partial charge in [0.25, 0.3) is 0 Å². The molecule has 2 aromatic heterocycles. The van der Waals surface area contributed by atoms with E-state index in [0.717, 1.165) is 16.6 Å². The third-order valence-electron chi connectivity index (χ3n) is 1.93. The number of rotatable bonds is 2. The summed E-state index contributed by atoms with van der Waals surface area (Å²) < 4.78 is 0. The summed E-state index contributed by atoms with van der Waals surface area (Å²) in [6, 6.07) is 1.92. The molecule has 0 spiro atoms. The van der Waals surface area contributed by atoms with E-state index in [1.54, 1.807) is 11.3 Å². The summed E-state index contributed by atoms with van der Waals surface area (Å²) in [5, 5.41) is 3.19. The monoisotopic (exact) mass is 246 g/mol. The van der Waals surface area contributed by atoms with Crippen molar-refractivity contribution >= 4 is 44.8 Å². The smallest absolute Gasteiger partial charge is 0.149 e. The zero-order chi connectivity index (χ0) is 10.1. The fourth-order valence-electron chi connectivity index (χ4n) is 1.16. The van der Waals surface area contributed by atoms with E-state index in [-0.39, 0.29) is 5.38 Å². The van der Waals surface area contributed by atoms with Crippen LogP contribution in [0, 0.1) is 0 Å². The SMILES string of the molecule is CCC(Cl)c1nc(Cl)c2ccsc2n1. The molecule has 5 heteroatoms. The van der Waals surface area contributed by atoms with Crippen molar-refractivity contribution in [2.24, 2.45) is 0 Å². The molecule has 1 atom stereocenters. The zero-order valence-corrected chi connectivity index (χ0v) is 9.83. The first-order valence-electron chi connectivity index (χ1n) is 4.27. The van der Waals surface area contributed by atoms with Crippen molar-refractivity contribution in [3.05, 3.63) is 22.4 Å². The number of halogens is 2. The highest BCUT2D eigenvalue weighted by atomic mass is 35.5. The maximum Gasteiger partial charge on any atom is 0.149 e. The molecule has 14 heavy (non-hydrogen) atoms. The van der Waals surface area contributed by atoms with Crippen LogP contribution in [-0.2, 0) is 0 Å². The molecule has 0 aliphatic heterocycles. The quantitative estimate of drug-likeness (QED) is 0.591. The molecule has 0 bridgehead atoms. The maximum absolute atomic E-state index is 6.05. The van der Waals surface area contributed by atoms with Crippen molar-refractivity contribution in [1.29, 1.82) is 0 Å². The van der Waals surface area contributed by atoms with E-state index in [0.29, 0.717) is 11.0 Å². The van der Waals surface area contributed by atoms with Crippen molar-refractivity contribution in [2.75, 3.05) is 0 Å². The van der Waals surface area contributed by atoms with Gasteiger partial charge in [0.05, 0.1) is 5.38 Å². The maximum atomic E-state index is 6.05. The molecule has 0 radical (unpaired) electrons. The van der Waals surface area contributed by atoms with Crippen LogP contribution in [0.4, 0.5) is 0 Å². The van der Waals surface area contributed by atoms with Gasteiger partial charge in [-0.15, -0.1) is 22.9 Å². The van der Waals surface area contributed by atoms with Gasteiger partial charge in [0.1, 0.15) is 15.8 Å². The van der Waals surface area contributed by atoms with Crippen LogP contribution < -0.4 is 0 Å². The third-order valence-corrected chi connectivity index (χ3v) is 3.53. The van der Waals surface area contributed by atoms with Crippen molar-refractivity contribution in [3.8, 4) is 0 Å². The molecule has 0 fully saturated rings. The number of aromatic nitrogens is 2. The average molecular weight is 247 g/mol. The van der Waals surface area contributed by atoms with E-state index in [4.69, 9.17) is 23.2 Å². The molecule has 0 aliphatic carbocycles. The van der Waals surface area contributed by atoms with Gasteiger partial charge in [0.15, 0.2) is 0 Å². The lowest BCUT2D eigenvalue weighted by Gasteiger charge is -2.04. The van der Waals surface area contributed by atoms with Crippen LogP contribution >= 0.6 is 34.5 Å². The van der Waals surface area contributed by atoms with Crippen LogP contribution in [-0.4, -0.2) is 9.97 Å². The highest BCUT2D eigenvalue weighted by molar-refractivity contribution is 7.16. The first kappa shape index (κ1) is 10.1. The number of fused-ring (bicyclic) bond motifs is 1. The molecule has 2 heterocycles. The molecule has 0 N–H and O–H groups in total. The summed E-state index contributed by atoms with van der Waals surface area (Å²) >= 11 is 13.6. The van der Waals surface area contributed by atoms with Gasteiger partial charge in [-0.2, -0.15) is 0 Å². The van der Waals surface area contributed by atoms with Gasteiger partial charge in [0, 0.05) is 5.39 Å². The molecule has 0 aliphatic rings. The van der Waals surface area contributed by atoms with Crippen LogP contribution in [0.1, 0.15) is 24.5 Å². The average Bonchev–Trinajstić information content (AvgIpc) is 2.64. The van der Waals surface area contributed by atoms with Crippen LogP contribution in [0.5, 0.6) is 0 Å². The Morgan fingerprint density at radius 1 is 1.50 bits per heavy atom. The van der Waals surface area contributed by atoms with Crippen LogP contribution in [0.3, 0.4) is 0 Å². The minimum Gasteiger partial charge on any atom is -0.220 e. The number of nitrogens with zero attached hydrogens (tertiary/aromatic N) is 2. The summed E-state index contributed by atoms with van der Waals surface area (Å²) in [5.74, 6) is 0.620. The second-order valence-corrected chi connectivity index (χ2v) is 4.67. The Hall–Kier alpha value is -0.380. The van der Waals surface area contributed by atoms with Crippen molar-refractivity contribution in [3.63, 3.8) is 0 Å². The van der Waals surface area contributed by atoms with E-state index in [1.807, 2.05) is 18.4 Å². The minimum absolute atomic E-state index is 0.154. The molecule has 2 aromatic rings. The zero-order valence-electron chi connectivity index (χ0n) is 7.50. The Bertz CT molecular complexity index is 455. The predicted molar refractivity (Wildman–Crippen MR) is 61.3 cm³/mol. The van der Waals surface area contributed by atoms with Gasteiger partial charge in [-0.1, -0.05) is 18.5 Å². The number of hydrogen-bond acceptors (Lipinski definition) is 3. The Balaban J connectivity index is 2.58. The standard InChI is InChI=1S/C9H8Cl2N2S/c1-2-6(10)8-12-7(11)5-3-4-14-9(5)13-8/h3-4,6H,2H2,1H3. The van der Waals surface area contributed by atoms with E-state index in [1.165, 1.54) is 0 Å². The summed E-state index contributed by atoms with van der Waals surface area (Å²) in [7, 11) is 0. The van der Waals surface area contributed by atoms with Crippen LogP contribution in [0.2, 0.25) is 5.15 Å². The molecule has 74 valence electrons. The van der Waals surface area contributed by atoms with Gasteiger partial charge >= 0.3 is 0 Å². The topological polar surface area (TPSA) is 25.8 Å². The van der Waals surface area contributed by atoms with E-state index in [9.17, 15) is 0 Å². The molecule has 0 amide bonds. The van der Waals surface area contributed by atoms with Gasteiger partial charge in [-0.25, -0.2) is 9.97 Å². The lowest BCUT2D eigenvalue weighted by atomic mass is 10.3. The van der Waals surface area contributed by atoms with Crippen molar-refractivity contribution in [1.82, 2.24) is 9.97 Å². The van der Waals surface area contributed by atoms with Crippen LogP contribution in [0.15, 0.2) is 11.4 Å². The highest BCUT2D eigenvalue weighted by Crippen LogP contribution is 2.29. The normalized spacial score (nSPS) is 13.4. The first-order valence-corrected chi connectivity index (χ1v) is 5.96. The molecular formula is C9H8Cl2N2S. The number of thiophene rings is 1. The summed E-state index contributed by atoms with van der Waals surface area (Å²) in [4.78, 5) is 9.43. The number of alkyl halides is 1. The van der Waals surface area contributed by atoms with E-state index >= 15 is 0 Å². The van der Waals surface area contributed by atoms with Crippen molar-refractivity contribution < 1.29 is 0 Å². The van der Waals surface area contributed by atoms with Gasteiger partial charge in [-0.05, 0) is 17.9 Å². The van der Waals surface area contributed by atoms with E-state index < -0.39 is 0 Å². The molecule has 0 aromatic carbocycles. The second kappa shape index (κ2) is 4.01. The lowest BCUT2D eigenvalue weighted by Crippen LogP contribution is -1.97. The minimum atomic E-state index is -0.154. The molecule has 0 saturated heterocycles. The van der Waals surface area contributed by atoms with Gasteiger partial charge < -0.3 is 0 Å². The highest BCUT2D eigenvalue weighted by Gasteiger charge is 2.12. The summed E-state index contributed by atoms with van der Waals surface area (Å²) in [6.45, 7) is 1.99. The molecule has 2 rings (SSSR count). The Morgan fingerprint density at radius 2 is 2.29 bits per heavy atom. The predicted octanol–water partition coefficient (Wildman–Crippen LogP) is 4.03. The number of hydrogen-bond donors (Lipinski definition) is 0. The largest absolute Gasteiger partial charge is 0.220 e. The lowest BCUT2D eigenvalue weighted by molar-refractivity contribution is 0.813. The van der Waals surface area contributed by atoms with Crippen LogP contribution in [0.25, 0.3) is 10.2 Å². The van der Waals surface area contributed by atoms with Crippen molar-refractivity contribution in [2.45, 2.75) is 18.7 Å². The Kier molecular flexibility index (Phi) is 2.91. The third kappa shape index (κ3) is 1.72. The summed E-state index contributed by atoms with van der Waals surface area (Å²) in [6.07, 6.45) is 0.800.